The fourth-order valence-electron chi connectivity index (χ4n) is 2.64. The molecular weight excluding hydrogens is 359 g/mol. The Hall–Kier alpha value is -2.43. The number of halogens is 2. The summed E-state index contributed by atoms with van der Waals surface area (Å²) in [5.41, 5.74) is 9.63. The van der Waals surface area contributed by atoms with E-state index < -0.39 is 0 Å². The van der Waals surface area contributed by atoms with Crippen LogP contribution in [0.5, 0.6) is 0 Å². The van der Waals surface area contributed by atoms with E-state index in [1.54, 1.807) is 30.3 Å². The first-order valence-corrected chi connectivity index (χ1v) is 8.34. The van der Waals surface area contributed by atoms with E-state index in [2.05, 4.69) is 5.32 Å². The van der Waals surface area contributed by atoms with Crippen LogP contribution in [-0.2, 0) is 0 Å². The van der Waals surface area contributed by atoms with Crippen molar-refractivity contribution in [2.75, 3.05) is 11.1 Å². The zero-order chi connectivity index (χ0) is 18.1. The van der Waals surface area contributed by atoms with Crippen LogP contribution in [0.25, 0.3) is 11.3 Å². The van der Waals surface area contributed by atoms with Crippen molar-refractivity contribution in [3.05, 3.63) is 69.4 Å². The number of hydrogen-bond acceptors (Lipinski definition) is 3. The number of aryl methyl sites for hydroxylation is 2. The summed E-state index contributed by atoms with van der Waals surface area (Å²) in [7, 11) is 0. The summed E-state index contributed by atoms with van der Waals surface area (Å²) in [5, 5.41) is 3.82. The van der Waals surface area contributed by atoms with Gasteiger partial charge in [-0.1, -0.05) is 29.3 Å². The lowest BCUT2D eigenvalue weighted by Crippen LogP contribution is -2.13. The van der Waals surface area contributed by atoms with Crippen molar-refractivity contribution in [3.63, 3.8) is 0 Å². The van der Waals surface area contributed by atoms with Crippen LogP contribution < -0.4 is 11.1 Å². The van der Waals surface area contributed by atoms with Gasteiger partial charge in [-0.3, -0.25) is 4.79 Å². The average molecular weight is 375 g/mol. The van der Waals surface area contributed by atoms with Crippen molar-refractivity contribution in [2.45, 2.75) is 13.8 Å². The number of nitrogens with one attached hydrogen (secondary N) is 1. The maximum atomic E-state index is 12.5. The van der Waals surface area contributed by atoms with Crippen LogP contribution in [0.1, 0.15) is 21.7 Å². The molecule has 2 aromatic carbocycles. The highest BCUT2D eigenvalue weighted by molar-refractivity contribution is 6.35. The summed E-state index contributed by atoms with van der Waals surface area (Å²) >= 11 is 12.2. The van der Waals surface area contributed by atoms with E-state index in [-0.39, 0.29) is 11.7 Å². The summed E-state index contributed by atoms with van der Waals surface area (Å²) in [4.78, 5) is 12.5. The van der Waals surface area contributed by atoms with E-state index in [1.165, 1.54) is 0 Å². The van der Waals surface area contributed by atoms with Crippen LogP contribution in [0, 0.1) is 13.8 Å². The Morgan fingerprint density at radius 1 is 1.08 bits per heavy atom. The molecule has 4 nitrogen and oxygen atoms in total. The Balaban J connectivity index is 1.88. The van der Waals surface area contributed by atoms with Crippen molar-refractivity contribution >= 4 is 40.5 Å². The fourth-order valence-corrected chi connectivity index (χ4v) is 3.02. The summed E-state index contributed by atoms with van der Waals surface area (Å²) in [6.45, 7) is 3.83. The first kappa shape index (κ1) is 17.4. The topological polar surface area (TPSA) is 68.3 Å². The molecule has 128 valence electrons. The molecule has 0 aliphatic rings. The van der Waals surface area contributed by atoms with Crippen molar-refractivity contribution in [3.8, 4) is 11.3 Å². The normalized spacial score (nSPS) is 10.7. The molecule has 3 N–H and O–H groups in total. The molecule has 0 atom stereocenters. The largest absolute Gasteiger partial charge is 0.451 e. The van der Waals surface area contributed by atoms with Crippen LogP contribution in [-0.4, -0.2) is 5.91 Å². The van der Waals surface area contributed by atoms with E-state index in [0.717, 1.165) is 11.1 Å². The number of rotatable bonds is 3. The second-order valence-corrected chi connectivity index (χ2v) is 6.63. The van der Waals surface area contributed by atoms with Crippen molar-refractivity contribution in [1.29, 1.82) is 0 Å². The first-order valence-electron chi connectivity index (χ1n) is 7.58. The number of anilines is 2. The lowest BCUT2D eigenvalue weighted by molar-refractivity contribution is 0.0997. The van der Waals surface area contributed by atoms with E-state index in [4.69, 9.17) is 33.4 Å². The molecule has 1 aromatic heterocycles. The fraction of sp³-hybridized carbons (Fsp3) is 0.105. The molecule has 25 heavy (non-hydrogen) atoms. The molecule has 0 fully saturated rings. The smallest absolute Gasteiger partial charge is 0.291 e. The second kappa shape index (κ2) is 6.82. The molecular formula is C19H16Cl2N2O2. The molecule has 1 heterocycles. The van der Waals surface area contributed by atoms with Gasteiger partial charge in [0.05, 0.1) is 16.4 Å². The van der Waals surface area contributed by atoms with Crippen LogP contribution >= 0.6 is 23.2 Å². The minimum atomic E-state index is -0.386. The third kappa shape index (κ3) is 3.65. The molecule has 0 unspecified atom stereocenters. The Labute approximate surface area is 155 Å². The predicted molar refractivity (Wildman–Crippen MR) is 102 cm³/mol. The Morgan fingerprint density at radius 3 is 2.56 bits per heavy atom. The quantitative estimate of drug-likeness (QED) is 0.577. The highest BCUT2D eigenvalue weighted by atomic mass is 35.5. The van der Waals surface area contributed by atoms with E-state index >= 15 is 0 Å². The zero-order valence-corrected chi connectivity index (χ0v) is 15.2. The highest BCUT2D eigenvalue weighted by Gasteiger charge is 2.16. The van der Waals surface area contributed by atoms with Gasteiger partial charge >= 0.3 is 0 Å². The third-order valence-corrected chi connectivity index (χ3v) is 4.34. The van der Waals surface area contributed by atoms with Gasteiger partial charge in [0.15, 0.2) is 5.76 Å². The minimum Gasteiger partial charge on any atom is -0.451 e. The number of carbonyl (C=O) groups is 1. The van der Waals surface area contributed by atoms with Gasteiger partial charge in [-0.15, -0.1) is 0 Å². The summed E-state index contributed by atoms with van der Waals surface area (Å²) in [6, 6.07) is 12.1. The van der Waals surface area contributed by atoms with Crippen molar-refractivity contribution in [2.24, 2.45) is 0 Å². The number of amides is 1. The Morgan fingerprint density at radius 2 is 1.84 bits per heavy atom. The molecule has 3 aromatic rings. The molecule has 0 bridgehead atoms. The predicted octanol–water partition coefficient (Wildman–Crippen LogP) is 5.70. The van der Waals surface area contributed by atoms with Crippen molar-refractivity contribution in [1.82, 2.24) is 0 Å². The molecule has 6 heteroatoms. The van der Waals surface area contributed by atoms with E-state index in [1.807, 2.05) is 26.0 Å². The van der Waals surface area contributed by atoms with Crippen LogP contribution in [0.15, 0.2) is 46.9 Å². The molecule has 0 spiro atoms. The van der Waals surface area contributed by atoms with Gasteiger partial charge in [-0.25, -0.2) is 0 Å². The van der Waals surface area contributed by atoms with Crippen LogP contribution in [0.3, 0.4) is 0 Å². The van der Waals surface area contributed by atoms with Crippen molar-refractivity contribution < 1.29 is 9.21 Å². The number of nitrogen functional groups attached to an aromatic ring is 1. The van der Waals surface area contributed by atoms with Gasteiger partial charge < -0.3 is 15.5 Å². The monoisotopic (exact) mass is 374 g/mol. The number of nitrogens with two attached hydrogens (primary N) is 1. The molecule has 0 saturated heterocycles. The lowest BCUT2D eigenvalue weighted by atomic mass is 10.1. The SMILES string of the molecule is Cc1cc(C)c(NC(=O)c2ccc(-c3cc(Cl)ccc3Cl)o2)c(N)c1. The average Bonchev–Trinajstić information content (AvgIpc) is 3.03. The molecule has 0 radical (unpaired) electrons. The maximum absolute atomic E-state index is 12.5. The summed E-state index contributed by atoms with van der Waals surface area (Å²) in [6.07, 6.45) is 0. The highest BCUT2D eigenvalue weighted by Crippen LogP contribution is 2.32. The van der Waals surface area contributed by atoms with Gasteiger partial charge in [-0.05, 0) is 61.4 Å². The maximum Gasteiger partial charge on any atom is 0.291 e. The number of furan rings is 1. The Kier molecular flexibility index (Phi) is 4.75. The summed E-state index contributed by atoms with van der Waals surface area (Å²) in [5.74, 6) is 0.236. The molecule has 3 rings (SSSR count). The number of hydrogen-bond donors (Lipinski definition) is 2. The summed E-state index contributed by atoms with van der Waals surface area (Å²) < 4.78 is 5.65. The Bertz CT molecular complexity index is 941. The lowest BCUT2D eigenvalue weighted by Gasteiger charge is -2.11. The van der Waals surface area contributed by atoms with E-state index in [0.29, 0.717) is 32.7 Å². The number of benzene rings is 2. The van der Waals surface area contributed by atoms with Gasteiger partial charge in [0.1, 0.15) is 5.76 Å². The number of carbonyl (C=O) groups excluding carboxylic acids is 1. The molecule has 0 aliphatic carbocycles. The minimum absolute atomic E-state index is 0.158. The molecule has 0 aliphatic heterocycles. The van der Waals surface area contributed by atoms with Crippen LogP contribution in [0.2, 0.25) is 10.0 Å². The van der Waals surface area contributed by atoms with Gasteiger partial charge in [-0.2, -0.15) is 0 Å². The third-order valence-electron chi connectivity index (χ3n) is 3.77. The second-order valence-electron chi connectivity index (χ2n) is 5.79. The van der Waals surface area contributed by atoms with Gasteiger partial charge in [0.2, 0.25) is 0 Å². The van der Waals surface area contributed by atoms with Gasteiger partial charge in [0.25, 0.3) is 5.91 Å². The van der Waals surface area contributed by atoms with Gasteiger partial charge in [0, 0.05) is 10.6 Å². The molecule has 1 amide bonds. The van der Waals surface area contributed by atoms with Crippen LogP contribution in [0.4, 0.5) is 11.4 Å². The van der Waals surface area contributed by atoms with E-state index in [9.17, 15) is 4.79 Å². The standard InChI is InChI=1S/C19H16Cl2N2O2/c1-10-7-11(2)18(15(22)8-10)23-19(24)17-6-5-16(25-17)13-9-12(20)3-4-14(13)21/h3-9H,22H2,1-2H3,(H,23,24). The molecule has 0 saturated carbocycles. The zero-order valence-electron chi connectivity index (χ0n) is 13.7. The first-order chi connectivity index (χ1) is 11.8.